The number of rotatable bonds is 10. The number of hydrogen-bond acceptors (Lipinski definition) is 6. The monoisotopic (exact) mass is 484 g/mol. The van der Waals surface area contributed by atoms with E-state index in [1.165, 1.54) is 0 Å². The van der Waals surface area contributed by atoms with E-state index in [2.05, 4.69) is 6.07 Å². The number of nitriles is 1. The Balaban J connectivity index is 1.44. The summed E-state index contributed by atoms with van der Waals surface area (Å²) in [6.07, 6.45) is 2.37. The van der Waals surface area contributed by atoms with Gasteiger partial charge >= 0.3 is 0 Å². The molecule has 0 saturated heterocycles. The molecule has 3 aromatic rings. The van der Waals surface area contributed by atoms with Crippen LogP contribution in [0.5, 0.6) is 23.0 Å². The van der Waals surface area contributed by atoms with Gasteiger partial charge in [0, 0.05) is 18.3 Å². The van der Waals surface area contributed by atoms with E-state index in [1.807, 2.05) is 55.5 Å². The van der Waals surface area contributed by atoms with Crippen molar-refractivity contribution in [2.24, 2.45) is 0 Å². The number of amides is 1. The van der Waals surface area contributed by atoms with Gasteiger partial charge < -0.3 is 23.8 Å². The highest BCUT2D eigenvalue weighted by Crippen LogP contribution is 2.31. The summed E-state index contributed by atoms with van der Waals surface area (Å²) in [5.41, 5.74) is 2.71. The standard InChI is InChI=1S/C29H28N2O5/c1-3-34-28-18-21(11-12-27(28)36-16-15-35-25-9-6-8-24(19-25)33-2)17-23(20-30)29(32)31-14-13-22-7-4-5-10-26(22)31/h4-12,17-19H,3,13-16H2,1-2H3. The van der Waals surface area contributed by atoms with Gasteiger partial charge in [-0.3, -0.25) is 4.79 Å². The van der Waals surface area contributed by atoms with Crippen molar-refractivity contribution in [1.82, 2.24) is 0 Å². The summed E-state index contributed by atoms with van der Waals surface area (Å²) >= 11 is 0. The number of anilines is 1. The number of carbonyl (C=O) groups is 1. The normalized spacial score (nSPS) is 12.5. The van der Waals surface area contributed by atoms with Crippen LogP contribution < -0.4 is 23.8 Å². The largest absolute Gasteiger partial charge is 0.497 e. The van der Waals surface area contributed by atoms with Gasteiger partial charge in [0.2, 0.25) is 0 Å². The molecule has 4 rings (SSSR count). The highest BCUT2D eigenvalue weighted by atomic mass is 16.5. The van der Waals surface area contributed by atoms with Crippen LogP contribution in [0.3, 0.4) is 0 Å². The van der Waals surface area contributed by atoms with E-state index in [1.54, 1.807) is 36.3 Å². The number of carbonyl (C=O) groups excluding carboxylic acids is 1. The van der Waals surface area contributed by atoms with E-state index in [-0.39, 0.29) is 11.5 Å². The Morgan fingerprint density at radius 3 is 2.58 bits per heavy atom. The highest BCUT2D eigenvalue weighted by molar-refractivity contribution is 6.12. The summed E-state index contributed by atoms with van der Waals surface area (Å²) in [6, 6.07) is 22.5. The first-order chi connectivity index (χ1) is 17.6. The first-order valence-corrected chi connectivity index (χ1v) is 11.8. The zero-order chi connectivity index (χ0) is 25.3. The lowest BCUT2D eigenvalue weighted by atomic mass is 10.1. The van der Waals surface area contributed by atoms with Gasteiger partial charge in [-0.2, -0.15) is 5.26 Å². The Morgan fingerprint density at radius 2 is 1.78 bits per heavy atom. The number of hydrogen-bond donors (Lipinski definition) is 0. The Bertz CT molecular complexity index is 1290. The third-order valence-electron chi connectivity index (χ3n) is 5.71. The number of nitrogens with zero attached hydrogens (tertiary/aromatic N) is 2. The van der Waals surface area contributed by atoms with Crippen molar-refractivity contribution in [1.29, 1.82) is 5.26 Å². The van der Waals surface area contributed by atoms with Crippen molar-refractivity contribution in [3.8, 4) is 29.1 Å². The van der Waals surface area contributed by atoms with Crippen LogP contribution in [0.2, 0.25) is 0 Å². The van der Waals surface area contributed by atoms with Crippen LogP contribution in [-0.4, -0.2) is 39.4 Å². The first kappa shape index (κ1) is 24.7. The molecule has 7 nitrogen and oxygen atoms in total. The van der Waals surface area contributed by atoms with Crippen LogP contribution in [-0.2, 0) is 11.2 Å². The molecule has 1 amide bonds. The molecule has 0 spiro atoms. The van der Waals surface area contributed by atoms with Crippen LogP contribution in [0.25, 0.3) is 6.08 Å². The minimum atomic E-state index is -0.310. The maximum absolute atomic E-state index is 13.1. The maximum atomic E-state index is 13.1. The zero-order valence-electron chi connectivity index (χ0n) is 20.4. The van der Waals surface area contributed by atoms with Crippen LogP contribution >= 0.6 is 0 Å². The Labute approximate surface area is 211 Å². The van der Waals surface area contributed by atoms with E-state index in [0.29, 0.717) is 49.2 Å². The summed E-state index contributed by atoms with van der Waals surface area (Å²) in [6.45, 7) is 3.53. The van der Waals surface area contributed by atoms with Gasteiger partial charge in [0.05, 0.1) is 13.7 Å². The van der Waals surface area contributed by atoms with Crippen molar-refractivity contribution in [2.75, 3.05) is 38.4 Å². The van der Waals surface area contributed by atoms with Gasteiger partial charge in [-0.15, -0.1) is 0 Å². The van der Waals surface area contributed by atoms with Crippen molar-refractivity contribution >= 4 is 17.7 Å². The molecule has 0 saturated carbocycles. The molecule has 0 bridgehead atoms. The molecule has 1 heterocycles. The van der Waals surface area contributed by atoms with Gasteiger partial charge in [-0.25, -0.2) is 0 Å². The molecule has 1 aliphatic heterocycles. The maximum Gasteiger partial charge on any atom is 0.268 e. The molecule has 36 heavy (non-hydrogen) atoms. The molecule has 0 unspecified atom stereocenters. The highest BCUT2D eigenvalue weighted by Gasteiger charge is 2.26. The smallest absolute Gasteiger partial charge is 0.268 e. The minimum Gasteiger partial charge on any atom is -0.497 e. The molecule has 184 valence electrons. The summed E-state index contributed by atoms with van der Waals surface area (Å²) in [5.74, 6) is 2.19. The average molecular weight is 485 g/mol. The van der Waals surface area contributed by atoms with Crippen LogP contribution in [0.15, 0.2) is 72.3 Å². The summed E-state index contributed by atoms with van der Waals surface area (Å²) in [5, 5.41) is 9.72. The summed E-state index contributed by atoms with van der Waals surface area (Å²) in [4.78, 5) is 14.8. The third-order valence-corrected chi connectivity index (χ3v) is 5.71. The van der Waals surface area contributed by atoms with E-state index in [4.69, 9.17) is 18.9 Å². The van der Waals surface area contributed by atoms with Gasteiger partial charge in [0.25, 0.3) is 5.91 Å². The molecule has 0 radical (unpaired) electrons. The molecular formula is C29H28N2O5. The predicted octanol–water partition coefficient (Wildman–Crippen LogP) is 5.05. The lowest BCUT2D eigenvalue weighted by molar-refractivity contribution is -0.114. The SMILES string of the molecule is CCOc1cc(C=C(C#N)C(=O)N2CCc3ccccc32)ccc1OCCOc1cccc(OC)c1. The van der Waals surface area contributed by atoms with Crippen LogP contribution in [0, 0.1) is 11.3 Å². The second kappa shape index (κ2) is 11.8. The number of para-hydroxylation sites is 1. The topological polar surface area (TPSA) is 81.0 Å². The van der Waals surface area contributed by atoms with E-state index >= 15 is 0 Å². The Hall–Kier alpha value is -4.44. The fraction of sp³-hybridized carbons (Fsp3) is 0.241. The van der Waals surface area contributed by atoms with Crippen molar-refractivity contribution < 1.29 is 23.7 Å². The Morgan fingerprint density at radius 1 is 0.972 bits per heavy atom. The fourth-order valence-corrected chi connectivity index (χ4v) is 4.01. The Kier molecular flexibility index (Phi) is 8.09. The van der Waals surface area contributed by atoms with Crippen molar-refractivity contribution in [3.05, 3.63) is 83.4 Å². The second-order valence-corrected chi connectivity index (χ2v) is 8.02. The molecular weight excluding hydrogens is 456 g/mol. The van der Waals surface area contributed by atoms with Gasteiger partial charge in [-0.1, -0.05) is 30.3 Å². The van der Waals surface area contributed by atoms with Crippen molar-refractivity contribution in [2.45, 2.75) is 13.3 Å². The summed E-state index contributed by atoms with van der Waals surface area (Å²) < 4.78 is 22.6. The van der Waals surface area contributed by atoms with Gasteiger partial charge in [0.1, 0.15) is 36.4 Å². The molecule has 0 atom stereocenters. The van der Waals surface area contributed by atoms with Gasteiger partial charge in [-0.05, 0) is 60.9 Å². The predicted molar refractivity (Wildman–Crippen MR) is 138 cm³/mol. The van der Waals surface area contributed by atoms with E-state index < -0.39 is 0 Å². The third kappa shape index (κ3) is 5.78. The van der Waals surface area contributed by atoms with E-state index in [9.17, 15) is 10.1 Å². The molecule has 3 aromatic carbocycles. The number of ether oxygens (including phenoxy) is 4. The number of benzene rings is 3. The average Bonchev–Trinajstić information content (AvgIpc) is 3.35. The zero-order valence-corrected chi connectivity index (χ0v) is 20.4. The lowest BCUT2D eigenvalue weighted by Crippen LogP contribution is -2.29. The molecule has 7 heteroatoms. The van der Waals surface area contributed by atoms with Gasteiger partial charge in [0.15, 0.2) is 11.5 Å². The molecule has 0 aromatic heterocycles. The lowest BCUT2D eigenvalue weighted by Gasteiger charge is -2.17. The molecule has 0 N–H and O–H groups in total. The number of methoxy groups -OCH3 is 1. The summed E-state index contributed by atoms with van der Waals surface area (Å²) in [7, 11) is 1.61. The molecule has 0 fully saturated rings. The molecule has 1 aliphatic rings. The quantitative estimate of drug-likeness (QED) is 0.228. The van der Waals surface area contributed by atoms with Crippen LogP contribution in [0.4, 0.5) is 5.69 Å². The number of fused-ring (bicyclic) bond motifs is 1. The first-order valence-electron chi connectivity index (χ1n) is 11.8. The van der Waals surface area contributed by atoms with Crippen molar-refractivity contribution in [3.63, 3.8) is 0 Å². The fourth-order valence-electron chi connectivity index (χ4n) is 4.01. The van der Waals surface area contributed by atoms with E-state index in [0.717, 1.165) is 23.4 Å². The second-order valence-electron chi connectivity index (χ2n) is 8.02. The minimum absolute atomic E-state index is 0.0644. The molecule has 0 aliphatic carbocycles. The van der Waals surface area contributed by atoms with Crippen LogP contribution in [0.1, 0.15) is 18.1 Å².